The monoisotopic (exact) mass is 415 g/mol. The van der Waals surface area contributed by atoms with E-state index in [1.807, 2.05) is 61.5 Å². The first-order valence-corrected chi connectivity index (χ1v) is 9.97. The molecule has 31 heavy (non-hydrogen) atoms. The first-order chi connectivity index (χ1) is 14.9. The van der Waals surface area contributed by atoms with E-state index >= 15 is 0 Å². The largest absolute Gasteiger partial charge is 0.507 e. The summed E-state index contributed by atoms with van der Waals surface area (Å²) in [6, 6.07) is 16.7. The number of pyridine rings is 1. The number of phenolic OH excluding ortho intramolecular Hbond substituents is 1. The third-order valence-corrected chi connectivity index (χ3v) is 5.31. The molecule has 0 saturated heterocycles. The van der Waals surface area contributed by atoms with Gasteiger partial charge in [0.05, 0.1) is 5.69 Å². The lowest BCUT2D eigenvalue weighted by atomic mass is 9.98. The van der Waals surface area contributed by atoms with E-state index in [9.17, 15) is 9.90 Å². The zero-order valence-electron chi connectivity index (χ0n) is 18.0. The third-order valence-electron chi connectivity index (χ3n) is 5.31. The van der Waals surface area contributed by atoms with Gasteiger partial charge in [-0.25, -0.2) is 4.98 Å². The summed E-state index contributed by atoms with van der Waals surface area (Å²) in [7, 11) is 7.33. The number of amides is 1. The van der Waals surface area contributed by atoms with Gasteiger partial charge in [-0.2, -0.15) is 5.10 Å². The van der Waals surface area contributed by atoms with Gasteiger partial charge in [-0.1, -0.05) is 30.3 Å². The summed E-state index contributed by atoms with van der Waals surface area (Å²) >= 11 is 0. The fraction of sp³-hybridized carbons (Fsp3) is 0.208. The maximum atomic E-state index is 12.7. The Bertz CT molecular complexity index is 1250. The second-order valence-corrected chi connectivity index (χ2v) is 7.94. The summed E-state index contributed by atoms with van der Waals surface area (Å²) in [5.74, 6) is 0.198. The number of phenols is 1. The Morgan fingerprint density at radius 2 is 1.77 bits per heavy atom. The van der Waals surface area contributed by atoms with E-state index in [0.717, 1.165) is 22.1 Å². The van der Waals surface area contributed by atoms with Gasteiger partial charge >= 0.3 is 0 Å². The smallest absolute Gasteiger partial charge is 0.243 e. The number of fused-ring (bicyclic) bond motifs is 1. The van der Waals surface area contributed by atoms with Crippen LogP contribution < -0.4 is 0 Å². The van der Waals surface area contributed by atoms with Gasteiger partial charge in [-0.3, -0.25) is 14.8 Å². The number of rotatable bonds is 5. The van der Waals surface area contributed by atoms with Gasteiger partial charge < -0.3 is 10.0 Å². The quantitative estimate of drug-likeness (QED) is 0.519. The van der Waals surface area contributed by atoms with Crippen molar-refractivity contribution in [2.45, 2.75) is 6.04 Å². The molecule has 7 heteroatoms. The van der Waals surface area contributed by atoms with Gasteiger partial charge in [-0.15, -0.1) is 0 Å². The molecule has 2 aromatic heterocycles. The number of hydrogen-bond donors (Lipinski definition) is 2. The van der Waals surface area contributed by atoms with E-state index in [1.165, 1.54) is 0 Å². The van der Waals surface area contributed by atoms with Crippen molar-refractivity contribution in [3.8, 4) is 28.1 Å². The number of carbonyl (C=O) groups excluding carboxylic acids is 1. The highest BCUT2D eigenvalue weighted by molar-refractivity contribution is 5.94. The van der Waals surface area contributed by atoms with Crippen LogP contribution in [0.2, 0.25) is 0 Å². The van der Waals surface area contributed by atoms with Crippen LogP contribution in [0.15, 0.2) is 60.8 Å². The van der Waals surface area contributed by atoms with Gasteiger partial charge in [0.1, 0.15) is 11.8 Å². The average molecular weight is 415 g/mol. The molecule has 0 bridgehead atoms. The minimum atomic E-state index is -0.377. The van der Waals surface area contributed by atoms with Crippen LogP contribution in [0.25, 0.3) is 33.4 Å². The van der Waals surface area contributed by atoms with Gasteiger partial charge in [-0.05, 0) is 49.5 Å². The molecule has 4 rings (SSSR count). The Kier molecular flexibility index (Phi) is 5.44. The number of carbonyl (C=O) groups is 1. The van der Waals surface area contributed by atoms with Crippen LogP contribution in [-0.2, 0) is 4.79 Å². The van der Waals surface area contributed by atoms with Crippen LogP contribution in [0.4, 0.5) is 0 Å². The van der Waals surface area contributed by atoms with Gasteiger partial charge in [0.25, 0.3) is 0 Å². The number of para-hydroxylation sites is 1. The number of benzene rings is 2. The van der Waals surface area contributed by atoms with Crippen molar-refractivity contribution in [1.29, 1.82) is 0 Å². The highest BCUT2D eigenvalue weighted by Crippen LogP contribution is 2.34. The molecule has 7 nitrogen and oxygen atoms in total. The molecule has 0 fully saturated rings. The number of aromatic nitrogens is 3. The number of aromatic hydroxyl groups is 1. The second-order valence-electron chi connectivity index (χ2n) is 7.94. The Hall–Kier alpha value is -3.71. The second kappa shape index (κ2) is 8.20. The molecule has 0 aliphatic heterocycles. The SMILES string of the molecule is CN(C)C(=O)C(c1cccc(-c2cnc3n[nH]c(-c4ccccc4O)c3c2)c1)N(C)C. The zero-order valence-corrected chi connectivity index (χ0v) is 18.0. The van der Waals surface area contributed by atoms with E-state index in [-0.39, 0.29) is 17.7 Å². The van der Waals surface area contributed by atoms with E-state index in [4.69, 9.17) is 0 Å². The summed E-state index contributed by atoms with van der Waals surface area (Å²) in [4.78, 5) is 20.8. The molecule has 0 radical (unpaired) electrons. The molecule has 1 unspecified atom stereocenters. The van der Waals surface area contributed by atoms with Crippen LogP contribution in [0.5, 0.6) is 5.75 Å². The predicted molar refractivity (Wildman–Crippen MR) is 122 cm³/mol. The van der Waals surface area contributed by atoms with Crippen molar-refractivity contribution in [2.24, 2.45) is 0 Å². The van der Waals surface area contributed by atoms with Crippen molar-refractivity contribution in [3.05, 3.63) is 66.4 Å². The van der Waals surface area contributed by atoms with Crippen molar-refractivity contribution >= 4 is 16.9 Å². The maximum absolute atomic E-state index is 12.7. The molecule has 2 N–H and O–H groups in total. The normalized spacial score (nSPS) is 12.3. The molecular formula is C24H25N5O2. The minimum Gasteiger partial charge on any atom is -0.507 e. The van der Waals surface area contributed by atoms with Crippen molar-refractivity contribution in [3.63, 3.8) is 0 Å². The van der Waals surface area contributed by atoms with Crippen LogP contribution in [-0.4, -0.2) is 64.2 Å². The van der Waals surface area contributed by atoms with E-state index in [0.29, 0.717) is 16.9 Å². The molecule has 0 saturated carbocycles. The van der Waals surface area contributed by atoms with E-state index in [1.54, 1.807) is 37.3 Å². The van der Waals surface area contributed by atoms with Crippen molar-refractivity contribution in [1.82, 2.24) is 25.0 Å². The van der Waals surface area contributed by atoms with E-state index < -0.39 is 0 Å². The summed E-state index contributed by atoms with van der Waals surface area (Å²) in [5, 5.41) is 18.4. The topological polar surface area (TPSA) is 85.3 Å². The summed E-state index contributed by atoms with van der Waals surface area (Å²) < 4.78 is 0. The number of nitrogens with zero attached hydrogens (tertiary/aromatic N) is 4. The minimum absolute atomic E-state index is 0.0207. The average Bonchev–Trinajstić information content (AvgIpc) is 3.17. The Balaban J connectivity index is 1.79. The molecule has 2 aromatic carbocycles. The number of aromatic amines is 1. The van der Waals surface area contributed by atoms with E-state index in [2.05, 4.69) is 15.2 Å². The first kappa shape index (κ1) is 20.6. The molecule has 0 aliphatic rings. The molecule has 4 aromatic rings. The lowest BCUT2D eigenvalue weighted by molar-refractivity contribution is -0.133. The molecule has 0 aliphatic carbocycles. The highest BCUT2D eigenvalue weighted by atomic mass is 16.3. The Morgan fingerprint density at radius 3 is 2.48 bits per heavy atom. The zero-order chi connectivity index (χ0) is 22.1. The lowest BCUT2D eigenvalue weighted by Crippen LogP contribution is -2.36. The number of H-pyrrole nitrogens is 1. The van der Waals surface area contributed by atoms with Crippen molar-refractivity contribution in [2.75, 3.05) is 28.2 Å². The predicted octanol–water partition coefficient (Wildman–Crippen LogP) is 3.69. The fourth-order valence-electron chi connectivity index (χ4n) is 3.74. The summed E-state index contributed by atoms with van der Waals surface area (Å²) in [6.07, 6.45) is 1.77. The third kappa shape index (κ3) is 3.87. The van der Waals surface area contributed by atoms with Gasteiger partial charge in [0, 0.05) is 36.8 Å². The van der Waals surface area contributed by atoms with Crippen LogP contribution in [0.3, 0.4) is 0 Å². The summed E-state index contributed by atoms with van der Waals surface area (Å²) in [6.45, 7) is 0. The first-order valence-electron chi connectivity index (χ1n) is 9.97. The van der Waals surface area contributed by atoms with Crippen LogP contribution in [0, 0.1) is 0 Å². The molecule has 0 spiro atoms. The Labute approximate surface area is 181 Å². The molecule has 158 valence electrons. The lowest BCUT2D eigenvalue weighted by Gasteiger charge is -2.27. The van der Waals surface area contributed by atoms with Gasteiger partial charge in [0.2, 0.25) is 5.91 Å². The number of nitrogens with one attached hydrogen (secondary N) is 1. The Morgan fingerprint density at radius 1 is 1.00 bits per heavy atom. The standard InChI is InChI=1S/C24H25N5O2/c1-28(2)22(24(31)29(3)4)16-9-7-8-15(12-16)17-13-19-21(26-27-23(19)25-14-17)18-10-5-6-11-20(18)30/h5-14,22,30H,1-4H3,(H,25,26,27). The fourth-order valence-corrected chi connectivity index (χ4v) is 3.74. The molecular weight excluding hydrogens is 390 g/mol. The van der Waals surface area contributed by atoms with Crippen LogP contribution >= 0.6 is 0 Å². The highest BCUT2D eigenvalue weighted by Gasteiger charge is 2.24. The van der Waals surface area contributed by atoms with Gasteiger partial charge in [0.15, 0.2) is 5.65 Å². The van der Waals surface area contributed by atoms with Crippen LogP contribution in [0.1, 0.15) is 11.6 Å². The molecule has 1 amide bonds. The van der Waals surface area contributed by atoms with Crippen molar-refractivity contribution < 1.29 is 9.90 Å². The number of hydrogen-bond acceptors (Lipinski definition) is 5. The summed E-state index contributed by atoms with van der Waals surface area (Å²) in [5.41, 5.74) is 4.73. The number of likely N-dealkylation sites (N-methyl/N-ethyl adjacent to an activating group) is 2. The maximum Gasteiger partial charge on any atom is 0.243 e. The molecule has 1 atom stereocenters. The molecule has 2 heterocycles.